The van der Waals surface area contributed by atoms with Crippen LogP contribution in [0.15, 0.2) is 18.5 Å². The van der Waals surface area contributed by atoms with E-state index in [-0.39, 0.29) is 44.1 Å². The molecule has 2 aromatic heterocycles. The van der Waals surface area contributed by atoms with E-state index >= 15 is 0 Å². The number of nitrogens with one attached hydrogen (secondary N) is 2. The van der Waals surface area contributed by atoms with Gasteiger partial charge in [-0.1, -0.05) is 6.92 Å². The van der Waals surface area contributed by atoms with Gasteiger partial charge in [0.2, 0.25) is 17.7 Å². The average Bonchev–Trinajstić information content (AvgIpc) is 3.76. The van der Waals surface area contributed by atoms with Gasteiger partial charge in [-0.25, -0.2) is 18.3 Å². The van der Waals surface area contributed by atoms with Crippen LogP contribution >= 0.6 is 0 Å². The zero-order valence-corrected chi connectivity index (χ0v) is 21.1. The van der Waals surface area contributed by atoms with E-state index in [1.807, 2.05) is 6.92 Å². The number of carbonyl (C=O) groups is 2. The number of hydrogen-bond acceptors (Lipinski definition) is 4. The third-order valence-corrected chi connectivity index (χ3v) is 8.00. The van der Waals surface area contributed by atoms with E-state index in [2.05, 4.69) is 20.7 Å². The molecule has 0 unspecified atom stereocenters. The first-order valence-electron chi connectivity index (χ1n) is 13.3. The maximum atomic E-state index is 13.9. The first-order chi connectivity index (χ1) is 17.9. The second-order valence-electron chi connectivity index (χ2n) is 11.1. The standard InChI is InChI=1S/C26H32F5N5O2/c1-2-3-21(37)34-22(14-4-5-14)16-10-20-33-19(13-36(20)32-12-16)23(15-6-8-25(27,28)9-7-15)35-24(38)17-11-18(17)26(29,30)31/h10,12-15,17-18,22-23H,2-9,11H2,1H3,(H,34,37)(H,35,38)/t17-,18-,22+,23-/m0/s1. The molecule has 2 amide bonds. The minimum atomic E-state index is -4.45. The van der Waals surface area contributed by atoms with E-state index in [1.54, 1.807) is 18.5 Å². The van der Waals surface area contributed by atoms with Gasteiger partial charge in [0.15, 0.2) is 5.65 Å². The first-order valence-corrected chi connectivity index (χ1v) is 13.3. The predicted octanol–water partition coefficient (Wildman–Crippen LogP) is 5.28. The summed E-state index contributed by atoms with van der Waals surface area (Å²) in [4.78, 5) is 29.7. The molecular formula is C26H32F5N5O2. The summed E-state index contributed by atoms with van der Waals surface area (Å²) in [5, 5.41) is 10.2. The maximum Gasteiger partial charge on any atom is 0.392 e. The summed E-state index contributed by atoms with van der Waals surface area (Å²) in [6.45, 7) is 1.93. The van der Waals surface area contributed by atoms with E-state index in [0.717, 1.165) is 24.8 Å². The molecule has 0 bridgehead atoms. The number of hydrogen-bond donors (Lipinski definition) is 2. The van der Waals surface area contributed by atoms with Gasteiger partial charge >= 0.3 is 6.18 Å². The third kappa shape index (κ3) is 5.93. The molecule has 0 spiro atoms. The van der Waals surface area contributed by atoms with Crippen molar-refractivity contribution in [2.45, 2.75) is 88.9 Å². The van der Waals surface area contributed by atoms with Crippen molar-refractivity contribution in [1.82, 2.24) is 25.2 Å². The van der Waals surface area contributed by atoms with E-state index in [0.29, 0.717) is 23.7 Å². The van der Waals surface area contributed by atoms with Crippen LogP contribution in [-0.2, 0) is 9.59 Å². The van der Waals surface area contributed by atoms with Crippen LogP contribution in [0.25, 0.3) is 5.65 Å². The molecule has 5 rings (SSSR count). The summed E-state index contributed by atoms with van der Waals surface area (Å²) in [6, 6.07) is 0.805. The van der Waals surface area contributed by atoms with Gasteiger partial charge in [-0.3, -0.25) is 9.59 Å². The second kappa shape index (κ2) is 10.1. The molecule has 2 aromatic rings. The van der Waals surface area contributed by atoms with Gasteiger partial charge in [-0.2, -0.15) is 18.3 Å². The zero-order valence-electron chi connectivity index (χ0n) is 21.1. The Hall–Kier alpha value is -2.79. The normalized spacial score (nSPS) is 25.1. The van der Waals surface area contributed by atoms with Crippen LogP contribution in [0.3, 0.4) is 0 Å². The third-order valence-electron chi connectivity index (χ3n) is 8.00. The second-order valence-corrected chi connectivity index (χ2v) is 11.1. The van der Waals surface area contributed by atoms with Crippen LogP contribution in [0.2, 0.25) is 0 Å². The molecule has 0 radical (unpaired) electrons. The molecule has 12 heteroatoms. The van der Waals surface area contributed by atoms with Crippen molar-refractivity contribution in [3.8, 4) is 0 Å². The summed E-state index contributed by atoms with van der Waals surface area (Å²) in [6.07, 6.45) is 1.18. The minimum Gasteiger partial charge on any atom is -0.349 e. The zero-order chi connectivity index (χ0) is 27.2. The number of halogens is 5. The Morgan fingerprint density at radius 1 is 1.11 bits per heavy atom. The number of aromatic nitrogens is 3. The Kier molecular flexibility index (Phi) is 7.10. The van der Waals surface area contributed by atoms with Crippen LogP contribution in [0.4, 0.5) is 22.0 Å². The smallest absolute Gasteiger partial charge is 0.349 e. The lowest BCUT2D eigenvalue weighted by molar-refractivity contribution is -0.155. The van der Waals surface area contributed by atoms with Crippen molar-refractivity contribution in [3.63, 3.8) is 0 Å². The Morgan fingerprint density at radius 3 is 2.39 bits per heavy atom. The quantitative estimate of drug-likeness (QED) is 0.423. The van der Waals surface area contributed by atoms with E-state index in [1.165, 1.54) is 4.52 Å². The lowest BCUT2D eigenvalue weighted by Crippen LogP contribution is -2.38. The Labute approximate surface area is 216 Å². The number of fused-ring (bicyclic) bond motifs is 1. The highest BCUT2D eigenvalue weighted by atomic mass is 19.4. The predicted molar refractivity (Wildman–Crippen MR) is 127 cm³/mol. The molecule has 3 aliphatic rings. The number of amides is 2. The molecule has 3 aliphatic carbocycles. The van der Waals surface area contributed by atoms with Crippen molar-refractivity contribution < 1.29 is 31.5 Å². The number of carbonyl (C=O) groups excluding carboxylic acids is 2. The Morgan fingerprint density at radius 2 is 1.79 bits per heavy atom. The molecule has 3 fully saturated rings. The lowest BCUT2D eigenvalue weighted by Gasteiger charge is -2.33. The fraction of sp³-hybridized carbons (Fsp3) is 0.692. The summed E-state index contributed by atoms with van der Waals surface area (Å²) in [5.74, 6) is -6.49. The molecule has 0 aliphatic heterocycles. The SMILES string of the molecule is CCCC(=O)N[C@@H](c1cnn2cc([C@@H](NC(=O)[C@H]3C[C@@H]3C(F)(F)F)C3CCC(F)(F)CC3)nc2c1)C1CC1. The molecule has 38 heavy (non-hydrogen) atoms. The highest BCUT2D eigenvalue weighted by Crippen LogP contribution is 2.51. The van der Waals surface area contributed by atoms with Gasteiger partial charge in [0.25, 0.3) is 0 Å². The van der Waals surface area contributed by atoms with E-state index in [4.69, 9.17) is 0 Å². The van der Waals surface area contributed by atoms with Gasteiger partial charge in [0.1, 0.15) is 0 Å². The number of alkyl halides is 5. The minimum absolute atomic E-state index is 0.0394. The monoisotopic (exact) mass is 541 g/mol. The highest BCUT2D eigenvalue weighted by Gasteiger charge is 2.59. The molecule has 2 heterocycles. The molecule has 2 N–H and O–H groups in total. The topological polar surface area (TPSA) is 88.4 Å². The fourth-order valence-corrected chi connectivity index (χ4v) is 5.54. The largest absolute Gasteiger partial charge is 0.392 e. The Bertz CT molecular complexity index is 1180. The van der Waals surface area contributed by atoms with Crippen LogP contribution in [0, 0.1) is 23.7 Å². The highest BCUT2D eigenvalue weighted by molar-refractivity contribution is 5.82. The lowest BCUT2D eigenvalue weighted by atomic mass is 9.81. The molecule has 7 nitrogen and oxygen atoms in total. The molecular weight excluding hydrogens is 509 g/mol. The molecule has 0 aromatic carbocycles. The van der Waals surface area contributed by atoms with Crippen LogP contribution in [0.1, 0.15) is 88.1 Å². The molecule has 3 saturated carbocycles. The van der Waals surface area contributed by atoms with E-state index < -0.39 is 41.8 Å². The number of rotatable bonds is 9. The summed E-state index contributed by atoms with van der Waals surface area (Å²) >= 11 is 0. The van der Waals surface area contributed by atoms with Gasteiger partial charge in [-0.05, 0) is 62.0 Å². The van der Waals surface area contributed by atoms with E-state index in [9.17, 15) is 31.5 Å². The van der Waals surface area contributed by atoms with Crippen molar-refractivity contribution in [2.24, 2.45) is 23.7 Å². The first kappa shape index (κ1) is 26.8. The van der Waals surface area contributed by atoms with Gasteiger partial charge < -0.3 is 10.6 Å². The van der Waals surface area contributed by atoms with Gasteiger partial charge in [-0.15, -0.1) is 0 Å². The van der Waals surface area contributed by atoms with Gasteiger partial charge in [0, 0.05) is 19.3 Å². The van der Waals surface area contributed by atoms with Crippen LogP contribution in [-0.4, -0.2) is 38.5 Å². The number of imidazole rings is 1. The summed E-state index contributed by atoms with van der Waals surface area (Å²) in [5.41, 5.74) is 1.62. The van der Waals surface area contributed by atoms with Crippen LogP contribution in [0.5, 0.6) is 0 Å². The van der Waals surface area contributed by atoms with Gasteiger partial charge in [0.05, 0.1) is 42.0 Å². The maximum absolute atomic E-state index is 13.9. The Balaban J connectivity index is 1.39. The van der Waals surface area contributed by atoms with Crippen molar-refractivity contribution in [3.05, 3.63) is 29.7 Å². The van der Waals surface area contributed by atoms with Crippen molar-refractivity contribution in [1.29, 1.82) is 0 Å². The van der Waals surface area contributed by atoms with Crippen LogP contribution < -0.4 is 10.6 Å². The fourth-order valence-electron chi connectivity index (χ4n) is 5.54. The van der Waals surface area contributed by atoms with Crippen molar-refractivity contribution in [2.75, 3.05) is 0 Å². The summed E-state index contributed by atoms with van der Waals surface area (Å²) < 4.78 is 68.4. The molecule has 4 atom stereocenters. The van der Waals surface area contributed by atoms with Crippen molar-refractivity contribution >= 4 is 17.5 Å². The molecule has 208 valence electrons. The molecule has 0 saturated heterocycles. The average molecular weight is 542 g/mol. The summed E-state index contributed by atoms with van der Waals surface area (Å²) in [7, 11) is 0. The number of nitrogens with zero attached hydrogens (tertiary/aromatic N) is 3.